The van der Waals surface area contributed by atoms with Crippen molar-refractivity contribution in [3.8, 4) is 33.8 Å². The fourth-order valence-electron chi connectivity index (χ4n) is 8.09. The summed E-state index contributed by atoms with van der Waals surface area (Å²) in [4.78, 5) is 17.1. The van der Waals surface area contributed by atoms with Gasteiger partial charge in [-0.25, -0.2) is 0 Å². The first kappa shape index (κ1) is 26.1. The molecule has 0 saturated carbocycles. The summed E-state index contributed by atoms with van der Waals surface area (Å²) in [7, 11) is 0. The molecule has 3 nitrogen and oxygen atoms in total. The minimum atomic E-state index is -0.785. The number of rotatable bonds is 2. The van der Waals surface area contributed by atoms with E-state index < -0.39 is 5.41 Å². The molecular formula is C44H27NO2. The number of ketones is 1. The van der Waals surface area contributed by atoms with Gasteiger partial charge in [-0.3, -0.25) is 4.79 Å². The van der Waals surface area contributed by atoms with Crippen molar-refractivity contribution in [1.29, 1.82) is 0 Å². The average Bonchev–Trinajstić information content (AvgIpc) is 3.15. The van der Waals surface area contributed by atoms with Gasteiger partial charge in [-0.2, -0.15) is 0 Å². The fraction of sp³-hybridized carbons (Fsp3) is 0.0227. The van der Waals surface area contributed by atoms with Gasteiger partial charge in [0, 0.05) is 11.1 Å². The highest BCUT2D eigenvalue weighted by Crippen LogP contribution is 2.65. The molecule has 0 fully saturated rings. The maximum atomic E-state index is 14.7. The second-order valence-electron chi connectivity index (χ2n) is 12.4. The van der Waals surface area contributed by atoms with E-state index >= 15 is 0 Å². The van der Waals surface area contributed by atoms with Gasteiger partial charge in [-0.05, 0) is 80.9 Å². The third-order valence-corrected chi connectivity index (χ3v) is 10.1. The van der Waals surface area contributed by atoms with Crippen LogP contribution in [-0.4, -0.2) is 5.78 Å². The highest BCUT2D eigenvalue weighted by Gasteiger charge is 2.53. The van der Waals surface area contributed by atoms with Crippen LogP contribution in [0.15, 0.2) is 164 Å². The van der Waals surface area contributed by atoms with Gasteiger partial charge in [0.1, 0.15) is 0 Å². The monoisotopic (exact) mass is 601 g/mol. The fourth-order valence-corrected chi connectivity index (χ4v) is 8.09. The molecule has 7 aromatic rings. The highest BCUT2D eigenvalue weighted by atomic mass is 16.5. The Kier molecular flexibility index (Phi) is 5.35. The largest absolute Gasteiger partial charge is 0.453 e. The summed E-state index contributed by atoms with van der Waals surface area (Å²) in [6.45, 7) is 0. The zero-order valence-corrected chi connectivity index (χ0v) is 25.4. The van der Waals surface area contributed by atoms with Gasteiger partial charge in [0.05, 0.1) is 22.5 Å². The zero-order chi connectivity index (χ0) is 31.1. The van der Waals surface area contributed by atoms with Crippen molar-refractivity contribution in [1.82, 2.24) is 0 Å². The van der Waals surface area contributed by atoms with Crippen LogP contribution in [0, 0.1) is 0 Å². The molecule has 3 heteroatoms. The minimum absolute atomic E-state index is 0.0457. The number of nitrogens with zero attached hydrogens (tertiary/aromatic N) is 1. The molecule has 0 radical (unpaired) electrons. The van der Waals surface area contributed by atoms with Gasteiger partial charge >= 0.3 is 0 Å². The van der Waals surface area contributed by atoms with E-state index in [1.54, 1.807) is 0 Å². The summed E-state index contributed by atoms with van der Waals surface area (Å²) in [5.74, 6) is 1.67. The molecule has 1 aliphatic carbocycles. The van der Waals surface area contributed by atoms with Gasteiger partial charge in [0.2, 0.25) is 0 Å². The van der Waals surface area contributed by atoms with E-state index in [-0.39, 0.29) is 5.78 Å². The van der Waals surface area contributed by atoms with Crippen molar-refractivity contribution in [2.24, 2.45) is 0 Å². The Morgan fingerprint density at radius 1 is 0.426 bits per heavy atom. The third-order valence-electron chi connectivity index (χ3n) is 10.1. The van der Waals surface area contributed by atoms with Crippen LogP contribution in [0.3, 0.4) is 0 Å². The maximum Gasteiger partial charge on any atom is 0.193 e. The second kappa shape index (κ2) is 9.65. The van der Waals surface area contributed by atoms with E-state index in [2.05, 4.69) is 126 Å². The molecule has 0 N–H and O–H groups in total. The lowest BCUT2D eigenvalue weighted by Gasteiger charge is -2.50. The molecule has 10 rings (SSSR count). The van der Waals surface area contributed by atoms with E-state index in [1.165, 1.54) is 0 Å². The van der Waals surface area contributed by atoms with Crippen molar-refractivity contribution in [2.75, 3.05) is 4.90 Å². The Morgan fingerprint density at radius 2 is 1.04 bits per heavy atom. The molecule has 0 amide bonds. The molecular weight excluding hydrogens is 574 g/mol. The molecule has 1 spiro atoms. The van der Waals surface area contributed by atoms with E-state index in [0.29, 0.717) is 0 Å². The lowest BCUT2D eigenvalue weighted by atomic mass is 9.57. The van der Waals surface area contributed by atoms with Crippen LogP contribution in [0.5, 0.6) is 11.5 Å². The normalized spacial score (nSPS) is 16.3. The summed E-state index contributed by atoms with van der Waals surface area (Å²) in [5, 5.41) is 0. The molecule has 2 aliphatic heterocycles. The number of anilines is 3. The molecule has 7 aromatic carbocycles. The first-order chi connectivity index (χ1) is 23.2. The van der Waals surface area contributed by atoms with Crippen LogP contribution >= 0.6 is 0 Å². The Labute approximate surface area is 273 Å². The van der Waals surface area contributed by atoms with Crippen LogP contribution in [0.4, 0.5) is 17.1 Å². The maximum absolute atomic E-state index is 14.7. The Bertz CT molecular complexity index is 2410. The molecule has 3 aliphatic rings. The molecule has 1 unspecified atom stereocenters. The van der Waals surface area contributed by atoms with E-state index in [4.69, 9.17) is 4.74 Å². The van der Waals surface area contributed by atoms with Crippen molar-refractivity contribution >= 4 is 22.8 Å². The van der Waals surface area contributed by atoms with Gasteiger partial charge in [0.25, 0.3) is 0 Å². The van der Waals surface area contributed by atoms with Gasteiger partial charge < -0.3 is 9.64 Å². The first-order valence-electron chi connectivity index (χ1n) is 16.0. The Morgan fingerprint density at radius 3 is 1.83 bits per heavy atom. The Balaban J connectivity index is 1.35. The summed E-state index contributed by atoms with van der Waals surface area (Å²) in [6, 6.07) is 56.8. The van der Waals surface area contributed by atoms with Crippen LogP contribution < -0.4 is 9.64 Å². The SMILES string of the molecule is O=C1c2cc(-c3ccccc3)ccc2C2(c3cc(-c4ccccc4)ccc31)c1ccccc1N1c3ccccc3Oc3cccc2c31. The van der Waals surface area contributed by atoms with Crippen molar-refractivity contribution < 1.29 is 9.53 Å². The second-order valence-corrected chi connectivity index (χ2v) is 12.4. The quantitative estimate of drug-likeness (QED) is 0.197. The van der Waals surface area contributed by atoms with E-state index in [0.717, 1.165) is 84.2 Å². The number of benzene rings is 7. The lowest BCUT2D eigenvalue weighted by molar-refractivity contribution is 0.103. The highest BCUT2D eigenvalue weighted by molar-refractivity contribution is 6.16. The van der Waals surface area contributed by atoms with Crippen molar-refractivity contribution in [3.05, 3.63) is 197 Å². The molecule has 0 bridgehead atoms. The van der Waals surface area contributed by atoms with Crippen molar-refractivity contribution in [3.63, 3.8) is 0 Å². The topological polar surface area (TPSA) is 29.5 Å². The van der Waals surface area contributed by atoms with Crippen molar-refractivity contribution in [2.45, 2.75) is 5.41 Å². The minimum Gasteiger partial charge on any atom is -0.453 e. The van der Waals surface area contributed by atoms with Crippen LogP contribution in [0.25, 0.3) is 22.3 Å². The predicted molar refractivity (Wildman–Crippen MR) is 187 cm³/mol. The Hall–Kier alpha value is -6.19. The van der Waals surface area contributed by atoms with Gasteiger partial charge in [-0.1, -0.05) is 127 Å². The standard InChI is InChI=1S/C44H27NO2/c46-43-32-24-22-31(29-14-5-2-6-15-29)27-37(32)44(34-25-23-30(26-33(34)43)28-12-3-1-4-13-28)35-16-7-8-18-38(35)45-39-19-9-10-20-40(39)47-41-21-11-17-36(44)42(41)45/h1-27H. The number of carbonyl (C=O) groups excluding carboxylic acids is 1. The molecule has 2 heterocycles. The summed E-state index contributed by atoms with van der Waals surface area (Å²) in [6.07, 6.45) is 0. The van der Waals surface area contributed by atoms with E-state index in [9.17, 15) is 4.79 Å². The molecule has 1 atom stereocenters. The molecule has 0 saturated heterocycles. The zero-order valence-electron chi connectivity index (χ0n) is 25.4. The molecule has 0 aromatic heterocycles. The summed E-state index contributed by atoms with van der Waals surface area (Å²) in [5.41, 5.74) is 12.2. The molecule has 47 heavy (non-hydrogen) atoms. The summed E-state index contributed by atoms with van der Waals surface area (Å²) >= 11 is 0. The number of hydrogen-bond acceptors (Lipinski definition) is 3. The van der Waals surface area contributed by atoms with Crippen LogP contribution in [0.2, 0.25) is 0 Å². The molecule has 220 valence electrons. The number of fused-ring (bicyclic) bond motifs is 10. The smallest absolute Gasteiger partial charge is 0.193 e. The van der Waals surface area contributed by atoms with Crippen LogP contribution in [-0.2, 0) is 5.41 Å². The third kappa shape index (κ3) is 3.48. The number of ether oxygens (including phenoxy) is 1. The average molecular weight is 602 g/mol. The summed E-state index contributed by atoms with van der Waals surface area (Å²) < 4.78 is 6.63. The lowest BCUT2D eigenvalue weighted by Crippen LogP contribution is -2.43. The number of carbonyl (C=O) groups is 1. The van der Waals surface area contributed by atoms with Gasteiger partial charge in [-0.15, -0.1) is 0 Å². The number of para-hydroxylation sites is 4. The van der Waals surface area contributed by atoms with E-state index in [1.807, 2.05) is 42.5 Å². The first-order valence-corrected chi connectivity index (χ1v) is 16.0. The predicted octanol–water partition coefficient (Wildman–Crippen LogP) is 10.8. The van der Waals surface area contributed by atoms with Crippen LogP contribution in [0.1, 0.15) is 38.2 Å². The van der Waals surface area contributed by atoms with Gasteiger partial charge in [0.15, 0.2) is 17.3 Å². The number of hydrogen-bond donors (Lipinski definition) is 0.